The fraction of sp³-hybridized carbons (Fsp3) is 1.00. The maximum atomic E-state index is 13.2. The highest BCUT2D eigenvalue weighted by atomic mass is 32.2. The molecule has 1 unspecified atom stereocenters. The van der Waals surface area contributed by atoms with Gasteiger partial charge in [-0.3, -0.25) is 0 Å². The smallest absolute Gasteiger partial charge is 0.342 e. The minimum Gasteiger partial charge on any atom is -0.342 e. The maximum Gasteiger partial charge on any atom is 0.465 e. The predicted molar refractivity (Wildman–Crippen MR) is 49.7 cm³/mol. The van der Waals surface area contributed by atoms with Crippen molar-refractivity contribution >= 4 is 10.0 Å². The van der Waals surface area contributed by atoms with Crippen LogP contribution in [-0.2, 0) is 10.0 Å². The van der Waals surface area contributed by atoms with Crippen LogP contribution in [0.5, 0.6) is 0 Å². The monoisotopic (exact) mass is 429 g/mol. The van der Waals surface area contributed by atoms with Crippen molar-refractivity contribution in [2.24, 2.45) is 0 Å². The van der Waals surface area contributed by atoms with Crippen LogP contribution in [-0.4, -0.2) is 60.3 Å². The summed E-state index contributed by atoms with van der Waals surface area (Å²) in [7, 11) is -8.90. The zero-order valence-electron chi connectivity index (χ0n) is 11.0. The summed E-state index contributed by atoms with van der Waals surface area (Å²) in [6, 6.07) is 0. The first kappa shape index (κ1) is 24.0. The summed E-state index contributed by atoms with van der Waals surface area (Å²) in [6.07, 6.45) is -14.2. The summed E-state index contributed by atoms with van der Waals surface area (Å²) in [5.41, 5.74) is 0. The van der Waals surface area contributed by atoms with Gasteiger partial charge in [0.05, 0.1) is 0 Å². The van der Waals surface area contributed by atoms with E-state index in [1.807, 2.05) is 0 Å². The first-order valence-corrected chi connectivity index (χ1v) is 6.51. The van der Waals surface area contributed by atoms with Gasteiger partial charge in [0.15, 0.2) is 0 Å². The molecular weight excluding hydrogens is 425 g/mol. The number of sulfonamides is 1. The summed E-state index contributed by atoms with van der Waals surface area (Å²) in [5, 5.41) is 0.588. The van der Waals surface area contributed by atoms with Gasteiger partial charge in [0, 0.05) is 7.05 Å². The van der Waals surface area contributed by atoms with Gasteiger partial charge < -0.3 is 5.11 Å². The molecule has 25 heavy (non-hydrogen) atoms. The molecule has 0 aromatic heterocycles. The number of alkyl halides is 13. The lowest BCUT2D eigenvalue weighted by molar-refractivity contribution is -0.384. The molecule has 18 heteroatoms. The molecule has 0 fully saturated rings. The van der Waals surface area contributed by atoms with Crippen LogP contribution in [0.25, 0.3) is 0 Å². The second-order valence-corrected chi connectivity index (χ2v) is 6.23. The molecule has 0 aliphatic carbocycles. The second-order valence-electron chi connectivity index (χ2n) is 4.22. The van der Waals surface area contributed by atoms with E-state index in [1.54, 1.807) is 0 Å². The lowest BCUT2D eigenvalue weighted by Gasteiger charge is -2.37. The fourth-order valence-electron chi connectivity index (χ4n) is 1.03. The number of nitrogens with zero attached hydrogens (tertiary/aromatic N) is 1. The molecule has 0 aromatic carbocycles. The molecule has 0 aromatic rings. The Labute approximate surface area is 128 Å². The minimum absolute atomic E-state index is 0.946. The van der Waals surface area contributed by atoms with Crippen molar-refractivity contribution in [3.63, 3.8) is 0 Å². The third-order valence-corrected chi connectivity index (χ3v) is 4.45. The Kier molecular flexibility index (Phi) is 5.49. The number of hydrogen-bond donors (Lipinski definition) is 1. The van der Waals surface area contributed by atoms with Crippen LogP contribution in [0.3, 0.4) is 0 Å². The molecule has 1 atom stereocenters. The normalized spacial score (nSPS) is 18.4. The molecule has 0 rings (SSSR count). The van der Waals surface area contributed by atoms with Gasteiger partial charge in [-0.25, -0.2) is 8.42 Å². The van der Waals surface area contributed by atoms with Crippen LogP contribution in [0.2, 0.25) is 0 Å². The van der Waals surface area contributed by atoms with Crippen LogP contribution in [0.15, 0.2) is 0 Å². The van der Waals surface area contributed by atoms with Gasteiger partial charge >= 0.3 is 35.4 Å². The van der Waals surface area contributed by atoms with Gasteiger partial charge in [-0.1, -0.05) is 0 Å². The van der Waals surface area contributed by atoms with Crippen molar-refractivity contribution in [3.8, 4) is 0 Å². The Morgan fingerprint density at radius 3 is 1.24 bits per heavy atom. The molecule has 0 bridgehead atoms. The molecule has 0 aliphatic heterocycles. The van der Waals surface area contributed by atoms with Crippen molar-refractivity contribution in [1.82, 2.24) is 4.31 Å². The topological polar surface area (TPSA) is 57.6 Å². The highest BCUT2D eigenvalue weighted by Crippen LogP contribution is 2.55. The van der Waals surface area contributed by atoms with E-state index in [1.165, 1.54) is 0 Å². The molecule has 1 N–H and O–H groups in total. The van der Waals surface area contributed by atoms with Gasteiger partial charge in [-0.2, -0.15) is 57.1 Å². The van der Waals surface area contributed by atoms with Gasteiger partial charge in [-0.15, -0.1) is 4.31 Å². The molecule has 0 amide bonds. The van der Waals surface area contributed by atoms with Crippen LogP contribution in [0.4, 0.5) is 57.1 Å². The fourth-order valence-corrected chi connectivity index (χ4v) is 2.25. The average molecular weight is 429 g/mol. The maximum absolute atomic E-state index is 13.2. The van der Waals surface area contributed by atoms with E-state index in [0.717, 1.165) is 0 Å². The quantitative estimate of drug-likeness (QED) is 0.416. The highest BCUT2D eigenvalue weighted by molar-refractivity contribution is 7.90. The molecular formula is C7H4F13NO3S. The zero-order chi connectivity index (χ0) is 21.1. The van der Waals surface area contributed by atoms with Crippen LogP contribution in [0, 0.1) is 0 Å². The molecule has 152 valence electrons. The Bertz CT molecular complexity index is 604. The molecule has 4 nitrogen and oxygen atoms in total. The van der Waals surface area contributed by atoms with Crippen LogP contribution in [0.1, 0.15) is 0 Å². The van der Waals surface area contributed by atoms with Crippen LogP contribution >= 0.6 is 0 Å². The number of aliphatic hydroxyl groups is 1. The molecule has 0 spiro atoms. The Balaban J connectivity index is 6.43. The number of hydrogen-bond acceptors (Lipinski definition) is 3. The first-order valence-electron chi connectivity index (χ1n) is 5.07. The van der Waals surface area contributed by atoms with Crippen molar-refractivity contribution in [3.05, 3.63) is 0 Å². The minimum atomic E-state index is -7.96. The molecule has 0 radical (unpaired) electrons. The summed E-state index contributed by atoms with van der Waals surface area (Å²) >= 11 is 0. The van der Waals surface area contributed by atoms with Crippen molar-refractivity contribution in [1.29, 1.82) is 0 Å². The standard InChI is InChI=1S/C7H4F13NO3S/c1-21(7(20,22)5(15,16)17)25(23,24)6(18,19)3(10,11)2(8,9)4(12,13)14/h22H,1H3. The third kappa shape index (κ3) is 3.22. The van der Waals surface area contributed by atoms with E-state index in [-0.39, 0.29) is 0 Å². The Morgan fingerprint density at radius 2 is 1.00 bits per heavy atom. The lowest BCUT2D eigenvalue weighted by atomic mass is 10.1. The molecule has 0 saturated carbocycles. The Morgan fingerprint density at radius 1 is 0.680 bits per heavy atom. The lowest BCUT2D eigenvalue weighted by Crippen LogP contribution is -2.68. The largest absolute Gasteiger partial charge is 0.465 e. The van der Waals surface area contributed by atoms with Crippen molar-refractivity contribution in [2.45, 2.75) is 35.4 Å². The zero-order valence-corrected chi connectivity index (χ0v) is 11.8. The highest BCUT2D eigenvalue weighted by Gasteiger charge is 2.86. The summed E-state index contributed by atoms with van der Waals surface area (Å²) in [4.78, 5) is 0. The molecule has 0 aliphatic rings. The van der Waals surface area contributed by atoms with E-state index >= 15 is 0 Å². The molecule has 0 heterocycles. The van der Waals surface area contributed by atoms with Gasteiger partial charge in [-0.05, 0) is 0 Å². The van der Waals surface area contributed by atoms with Gasteiger partial charge in [0.2, 0.25) is 0 Å². The predicted octanol–water partition coefficient (Wildman–Crippen LogP) is 2.85. The third-order valence-electron chi connectivity index (χ3n) is 2.58. The first-order chi connectivity index (χ1) is 10.4. The summed E-state index contributed by atoms with van der Waals surface area (Å²) in [6.45, 7) is 0. The van der Waals surface area contributed by atoms with E-state index in [9.17, 15) is 65.5 Å². The van der Waals surface area contributed by atoms with Gasteiger partial charge in [0.1, 0.15) is 0 Å². The van der Waals surface area contributed by atoms with Crippen molar-refractivity contribution < 1.29 is 70.6 Å². The summed E-state index contributed by atoms with van der Waals surface area (Å²) < 4.78 is 181. The molecule has 0 saturated heterocycles. The van der Waals surface area contributed by atoms with E-state index in [2.05, 4.69) is 0 Å². The van der Waals surface area contributed by atoms with E-state index in [0.29, 0.717) is 0 Å². The SMILES string of the molecule is CN(C(O)(F)C(F)(F)F)S(=O)(=O)C(F)(F)C(F)(F)C(F)(F)C(F)(F)F. The Hall–Kier alpha value is -1.04. The van der Waals surface area contributed by atoms with E-state index < -0.39 is 56.8 Å². The van der Waals surface area contributed by atoms with Gasteiger partial charge in [0.25, 0.3) is 10.0 Å². The van der Waals surface area contributed by atoms with Crippen LogP contribution < -0.4 is 0 Å². The number of halogens is 13. The van der Waals surface area contributed by atoms with Crippen molar-refractivity contribution in [2.75, 3.05) is 7.05 Å². The van der Waals surface area contributed by atoms with E-state index in [4.69, 9.17) is 5.11 Å². The summed E-state index contributed by atoms with van der Waals surface area (Å²) in [5.74, 6) is -22.0. The number of rotatable bonds is 5. The average Bonchev–Trinajstić information content (AvgIpc) is 2.34. The second kappa shape index (κ2) is 5.73.